The molecule has 0 aromatic heterocycles. The SMILES string of the molecule is Cc1ccc(CN(CCNC(=O)C23CCC4C(CCC5C4(C)CCC4C(C)(C)C(C6=CCC(C=O)CC6)=CCC45C)C2=C(C(C)C)C(=O)C3)CCN(C)C)cc1. The van der Waals surface area contributed by atoms with E-state index in [-0.39, 0.29) is 39.8 Å². The molecular weight excluding hydrogens is 691 g/mol. The molecule has 1 N–H and O–H groups in total. The van der Waals surface area contributed by atoms with Gasteiger partial charge >= 0.3 is 0 Å². The van der Waals surface area contributed by atoms with Crippen LogP contribution in [0, 0.1) is 64.1 Å². The minimum atomic E-state index is -0.700. The number of ketones is 1. The van der Waals surface area contributed by atoms with Gasteiger partial charge in [-0.05, 0) is 159 Å². The van der Waals surface area contributed by atoms with E-state index in [1.165, 1.54) is 41.5 Å². The molecule has 6 heteroatoms. The molecule has 0 saturated heterocycles. The summed E-state index contributed by atoms with van der Waals surface area (Å²) in [6.07, 6.45) is 17.1. The van der Waals surface area contributed by atoms with Gasteiger partial charge in [0.05, 0.1) is 5.41 Å². The molecule has 3 saturated carbocycles. The molecule has 0 heterocycles. The van der Waals surface area contributed by atoms with Crippen molar-refractivity contribution in [2.75, 3.05) is 40.3 Å². The molecule has 6 nitrogen and oxygen atoms in total. The van der Waals surface area contributed by atoms with Gasteiger partial charge in [-0.1, -0.05) is 83.5 Å². The average Bonchev–Trinajstić information content (AvgIpc) is 3.48. The van der Waals surface area contributed by atoms with Crippen LogP contribution in [-0.4, -0.2) is 68.1 Å². The van der Waals surface area contributed by atoms with Crippen LogP contribution in [-0.2, 0) is 20.9 Å². The van der Waals surface area contributed by atoms with Crippen molar-refractivity contribution in [1.82, 2.24) is 15.1 Å². The van der Waals surface area contributed by atoms with E-state index in [1.54, 1.807) is 5.57 Å². The number of rotatable bonds is 12. The number of benzene rings is 1. The highest BCUT2D eigenvalue weighted by Crippen LogP contribution is 2.73. The number of nitrogens with one attached hydrogen (secondary N) is 1. The second kappa shape index (κ2) is 15.7. The van der Waals surface area contributed by atoms with Crippen LogP contribution in [0.15, 0.2) is 58.7 Å². The molecule has 0 radical (unpaired) electrons. The van der Waals surface area contributed by atoms with Crippen LogP contribution in [0.2, 0.25) is 0 Å². The fourth-order valence-corrected chi connectivity index (χ4v) is 14.0. The number of amides is 1. The molecule has 56 heavy (non-hydrogen) atoms. The zero-order valence-corrected chi connectivity index (χ0v) is 36.4. The van der Waals surface area contributed by atoms with Crippen molar-refractivity contribution in [3.63, 3.8) is 0 Å². The van der Waals surface area contributed by atoms with Crippen molar-refractivity contribution in [3.05, 3.63) is 69.8 Å². The van der Waals surface area contributed by atoms with Crippen molar-refractivity contribution in [1.29, 1.82) is 0 Å². The highest BCUT2D eigenvalue weighted by Gasteiger charge is 2.66. The molecular formula is C50H73N3O3. The number of aldehydes is 1. The predicted molar refractivity (Wildman–Crippen MR) is 228 cm³/mol. The first-order valence-electron chi connectivity index (χ1n) is 22.4. The van der Waals surface area contributed by atoms with Crippen molar-refractivity contribution < 1.29 is 14.4 Å². The molecule has 6 aliphatic carbocycles. The summed E-state index contributed by atoms with van der Waals surface area (Å²) in [6.45, 7) is 20.9. The molecule has 7 rings (SSSR count). The third kappa shape index (κ3) is 7.15. The molecule has 6 aliphatic rings. The monoisotopic (exact) mass is 764 g/mol. The summed E-state index contributed by atoms with van der Waals surface area (Å²) in [5.41, 5.74) is 7.66. The fraction of sp³-hybridized carbons (Fsp3) is 0.700. The Morgan fingerprint density at radius 3 is 2.32 bits per heavy atom. The van der Waals surface area contributed by atoms with Gasteiger partial charge in [0, 0.05) is 45.1 Å². The van der Waals surface area contributed by atoms with Crippen LogP contribution in [0.5, 0.6) is 0 Å². The van der Waals surface area contributed by atoms with E-state index >= 15 is 0 Å². The van der Waals surface area contributed by atoms with Gasteiger partial charge in [-0.25, -0.2) is 0 Å². The lowest BCUT2D eigenvalue weighted by Gasteiger charge is -2.68. The first-order valence-corrected chi connectivity index (χ1v) is 22.4. The summed E-state index contributed by atoms with van der Waals surface area (Å²) in [5.74, 6) is 2.67. The highest BCUT2D eigenvalue weighted by atomic mass is 16.2. The quantitative estimate of drug-likeness (QED) is 0.215. The second-order valence-corrected chi connectivity index (χ2v) is 20.9. The third-order valence-corrected chi connectivity index (χ3v) is 16.7. The lowest BCUT2D eigenvalue weighted by molar-refractivity contribution is -0.162. The topological polar surface area (TPSA) is 69.7 Å². The van der Waals surface area contributed by atoms with Crippen LogP contribution in [0.25, 0.3) is 0 Å². The van der Waals surface area contributed by atoms with Crippen LogP contribution < -0.4 is 5.32 Å². The van der Waals surface area contributed by atoms with Gasteiger partial charge in [0.25, 0.3) is 0 Å². The van der Waals surface area contributed by atoms with Gasteiger partial charge in [-0.2, -0.15) is 0 Å². The van der Waals surface area contributed by atoms with Crippen LogP contribution >= 0.6 is 0 Å². The zero-order chi connectivity index (χ0) is 40.2. The Kier molecular flexibility index (Phi) is 11.6. The number of nitrogens with zero attached hydrogens (tertiary/aromatic N) is 2. The van der Waals surface area contributed by atoms with E-state index in [9.17, 15) is 14.4 Å². The van der Waals surface area contributed by atoms with Crippen molar-refractivity contribution >= 4 is 18.0 Å². The summed E-state index contributed by atoms with van der Waals surface area (Å²) >= 11 is 0. The number of carbonyl (C=O) groups excluding carboxylic acids is 3. The number of hydrogen-bond donors (Lipinski definition) is 1. The number of carbonyl (C=O) groups is 3. The van der Waals surface area contributed by atoms with Gasteiger partial charge in [0.2, 0.25) is 5.91 Å². The van der Waals surface area contributed by atoms with E-state index in [0.717, 1.165) is 83.0 Å². The van der Waals surface area contributed by atoms with Gasteiger partial charge in [-0.15, -0.1) is 0 Å². The van der Waals surface area contributed by atoms with E-state index in [4.69, 9.17) is 0 Å². The third-order valence-electron chi connectivity index (χ3n) is 16.7. The first kappa shape index (κ1) is 41.3. The Bertz CT molecular complexity index is 1770. The summed E-state index contributed by atoms with van der Waals surface area (Å²) in [5, 5.41) is 3.45. The van der Waals surface area contributed by atoms with Crippen molar-refractivity contribution in [2.24, 2.45) is 57.2 Å². The summed E-state index contributed by atoms with van der Waals surface area (Å²) in [7, 11) is 4.23. The molecule has 8 unspecified atom stereocenters. The zero-order valence-electron chi connectivity index (χ0n) is 36.4. The lowest BCUT2D eigenvalue weighted by Crippen LogP contribution is -2.61. The Morgan fingerprint density at radius 2 is 1.66 bits per heavy atom. The Morgan fingerprint density at radius 1 is 0.911 bits per heavy atom. The van der Waals surface area contributed by atoms with Gasteiger partial charge in [0.15, 0.2) is 5.78 Å². The largest absolute Gasteiger partial charge is 0.354 e. The average molecular weight is 764 g/mol. The first-order chi connectivity index (χ1) is 26.5. The molecule has 0 bridgehead atoms. The molecule has 1 aromatic rings. The van der Waals surface area contributed by atoms with Crippen LogP contribution in [0.1, 0.15) is 123 Å². The molecule has 3 fully saturated rings. The van der Waals surface area contributed by atoms with Gasteiger partial charge in [0.1, 0.15) is 6.29 Å². The minimum Gasteiger partial charge on any atom is -0.354 e. The maximum atomic E-state index is 14.7. The number of aryl methyl sites for hydroxylation is 1. The number of hydrogen-bond acceptors (Lipinski definition) is 5. The molecule has 1 amide bonds. The molecule has 0 aliphatic heterocycles. The van der Waals surface area contributed by atoms with Crippen molar-refractivity contribution in [2.45, 2.75) is 126 Å². The van der Waals surface area contributed by atoms with Crippen molar-refractivity contribution in [3.8, 4) is 0 Å². The fourth-order valence-electron chi connectivity index (χ4n) is 14.0. The maximum absolute atomic E-state index is 14.7. The smallest absolute Gasteiger partial charge is 0.230 e. The molecule has 0 spiro atoms. The number of likely N-dealkylation sites (N-methyl/N-ethyl adjacent to an activating group) is 1. The Balaban J connectivity index is 1.11. The Labute approximate surface area is 339 Å². The standard InChI is InChI=1S/C50H73N3O3/c1-33(2)44-41(55)30-50(46(56)51-26-27-53(29-28-52(8)9)31-35-12-10-34(3)11-13-35)25-21-40-38(45(44)50)18-19-43-48(40,6)24-22-42-47(4,5)39(20-23-49(42,43)7)37-16-14-36(32-54)15-17-37/h10-13,16,20,32-33,36,38,40,42-43H,14-15,17-19,21-31H2,1-9H3,(H,51,56). The van der Waals surface area contributed by atoms with Crippen LogP contribution in [0.3, 0.4) is 0 Å². The van der Waals surface area contributed by atoms with Crippen LogP contribution in [0.4, 0.5) is 0 Å². The summed E-state index contributed by atoms with van der Waals surface area (Å²) < 4.78 is 0. The second-order valence-electron chi connectivity index (χ2n) is 20.9. The highest BCUT2D eigenvalue weighted by molar-refractivity contribution is 6.06. The Hall–Kier alpha value is -2.83. The molecule has 8 atom stereocenters. The number of fused-ring (bicyclic) bond motifs is 7. The predicted octanol–water partition coefficient (Wildman–Crippen LogP) is 9.53. The van der Waals surface area contributed by atoms with Gasteiger partial charge in [-0.3, -0.25) is 14.5 Å². The van der Waals surface area contributed by atoms with E-state index in [2.05, 4.69) is 114 Å². The van der Waals surface area contributed by atoms with Gasteiger partial charge < -0.3 is 15.0 Å². The lowest BCUT2D eigenvalue weighted by atomic mass is 9.37. The summed E-state index contributed by atoms with van der Waals surface area (Å²) in [4.78, 5) is 45.1. The molecule has 1 aromatic carbocycles. The number of allylic oxidation sites excluding steroid dienone is 5. The molecule has 306 valence electrons. The minimum absolute atomic E-state index is 0.0955. The number of Topliss-reactive ketones (excluding diaryl/α,β-unsaturated/α-hetero) is 1. The van der Waals surface area contributed by atoms with E-state index < -0.39 is 5.41 Å². The maximum Gasteiger partial charge on any atom is 0.230 e. The van der Waals surface area contributed by atoms with E-state index in [1.807, 2.05) is 0 Å². The summed E-state index contributed by atoms with van der Waals surface area (Å²) in [6, 6.07) is 8.79. The van der Waals surface area contributed by atoms with E-state index in [0.29, 0.717) is 36.6 Å². The normalized spacial score (nSPS) is 35.1.